The third-order valence-electron chi connectivity index (χ3n) is 10.6. The Morgan fingerprint density at radius 2 is 2.02 bits per heavy atom. The lowest BCUT2D eigenvalue weighted by Crippen LogP contribution is -2.52. The number of fused-ring (bicyclic) bond motifs is 1. The van der Waals surface area contributed by atoms with Gasteiger partial charge >= 0.3 is 0 Å². The van der Waals surface area contributed by atoms with E-state index in [-0.39, 0.29) is 11.5 Å². The number of likely N-dealkylation sites (tertiary alicyclic amines) is 1. The van der Waals surface area contributed by atoms with Crippen molar-refractivity contribution in [2.24, 2.45) is 9.98 Å². The number of thiophene rings is 1. The molecule has 2 aliphatic heterocycles. The van der Waals surface area contributed by atoms with Crippen LogP contribution in [-0.4, -0.2) is 91.2 Å². The fourth-order valence-electron chi connectivity index (χ4n) is 7.66. The van der Waals surface area contributed by atoms with Crippen LogP contribution >= 0.6 is 11.3 Å². The molecule has 238 valence electrons. The highest BCUT2D eigenvalue weighted by atomic mass is 32.1. The summed E-state index contributed by atoms with van der Waals surface area (Å²) in [4.78, 5) is 18.4. The third kappa shape index (κ3) is 6.73. The van der Waals surface area contributed by atoms with E-state index < -0.39 is 0 Å². The zero-order valence-electron chi connectivity index (χ0n) is 27.4. The minimum absolute atomic E-state index is 0.106. The molecule has 0 unspecified atom stereocenters. The topological polar surface area (TPSA) is 108 Å². The Bertz CT molecular complexity index is 1370. The summed E-state index contributed by atoms with van der Waals surface area (Å²) in [6.07, 6.45) is 13.9. The van der Waals surface area contributed by atoms with E-state index in [0.717, 1.165) is 99.4 Å². The van der Waals surface area contributed by atoms with Gasteiger partial charge in [-0.05, 0) is 115 Å². The molecule has 44 heavy (non-hydrogen) atoms. The Balaban J connectivity index is 1.48. The largest absolute Gasteiger partial charge is 0.389 e. The Hall–Kier alpha value is -2.80. The normalized spacial score (nSPS) is 24.7. The molecule has 0 bridgehead atoms. The summed E-state index contributed by atoms with van der Waals surface area (Å²) in [5, 5.41) is 20.2. The lowest BCUT2D eigenvalue weighted by molar-refractivity contribution is 0.102. The highest BCUT2D eigenvalue weighted by molar-refractivity contribution is 7.16. The first-order chi connectivity index (χ1) is 21.2. The maximum absolute atomic E-state index is 9.97. The van der Waals surface area contributed by atoms with Crippen LogP contribution in [0.4, 0.5) is 5.00 Å². The number of nitrogens with zero attached hydrogens (tertiary/aromatic N) is 6. The Morgan fingerprint density at radius 3 is 2.68 bits per heavy atom. The molecule has 3 heterocycles. The van der Waals surface area contributed by atoms with E-state index in [1.807, 2.05) is 0 Å². The van der Waals surface area contributed by atoms with Crippen LogP contribution in [0.1, 0.15) is 100.0 Å². The smallest absolute Gasteiger partial charge is 0.130 e. The van der Waals surface area contributed by atoms with Crippen LogP contribution in [0.3, 0.4) is 0 Å². The molecule has 0 radical (unpaired) electrons. The summed E-state index contributed by atoms with van der Waals surface area (Å²) < 4.78 is 0. The number of piperazine rings is 1. The number of nitriles is 1. The third-order valence-corrected chi connectivity index (χ3v) is 11.7. The minimum Gasteiger partial charge on any atom is -0.389 e. The second-order valence-electron chi connectivity index (χ2n) is 13.4. The second-order valence-corrected chi connectivity index (χ2v) is 14.6. The molecule has 1 aromatic heterocycles. The van der Waals surface area contributed by atoms with E-state index >= 15 is 0 Å². The molecule has 1 aromatic rings. The number of nitrogens with one attached hydrogen (secondary N) is 1. The van der Waals surface area contributed by atoms with Gasteiger partial charge in [-0.1, -0.05) is 13.3 Å². The number of likely N-dealkylation sites (N-methyl/N-ethyl adjacent to an activating group) is 1. The number of allylic oxidation sites excluding steroid dienone is 3. The van der Waals surface area contributed by atoms with E-state index in [1.54, 1.807) is 0 Å². The van der Waals surface area contributed by atoms with Crippen molar-refractivity contribution < 1.29 is 0 Å². The zero-order chi connectivity index (χ0) is 31.4. The average Bonchev–Trinajstić information content (AvgIpc) is 3.55. The molecule has 3 fully saturated rings. The van der Waals surface area contributed by atoms with E-state index in [4.69, 9.17) is 10.7 Å². The number of nitrogens with two attached hydrogens (primary N) is 1. The fraction of sp³-hybridized carbons (Fsp3) is 0.657. The fourth-order valence-corrected chi connectivity index (χ4v) is 8.79. The molecule has 2 atom stereocenters. The summed E-state index contributed by atoms with van der Waals surface area (Å²) in [5.41, 5.74) is 11.8. The lowest BCUT2D eigenvalue weighted by Gasteiger charge is -2.41. The van der Waals surface area contributed by atoms with Gasteiger partial charge in [0.25, 0.3) is 0 Å². The maximum Gasteiger partial charge on any atom is 0.130 e. The zero-order valence-corrected chi connectivity index (χ0v) is 28.2. The lowest BCUT2D eigenvalue weighted by atomic mass is 9.78. The first kappa shape index (κ1) is 32.6. The highest BCUT2D eigenvalue weighted by Crippen LogP contribution is 2.45. The number of nitrogen functional groups attached to an aromatic ring is 1. The van der Waals surface area contributed by atoms with Gasteiger partial charge in [-0.2, -0.15) is 5.26 Å². The summed E-state index contributed by atoms with van der Waals surface area (Å²) >= 11 is 1.54. The van der Waals surface area contributed by atoms with Crippen molar-refractivity contribution >= 4 is 34.5 Å². The predicted molar refractivity (Wildman–Crippen MR) is 185 cm³/mol. The van der Waals surface area contributed by atoms with Crippen molar-refractivity contribution in [2.75, 3.05) is 52.6 Å². The molecule has 2 saturated heterocycles. The van der Waals surface area contributed by atoms with Crippen molar-refractivity contribution in [1.82, 2.24) is 14.7 Å². The first-order valence-electron chi connectivity index (χ1n) is 16.7. The van der Waals surface area contributed by atoms with Crippen molar-refractivity contribution in [1.29, 1.82) is 10.7 Å². The van der Waals surface area contributed by atoms with E-state index in [1.165, 1.54) is 48.4 Å². The number of aliphatic imine (C=N–C) groups is 2. The molecule has 3 N–H and O–H groups in total. The molecule has 0 aromatic carbocycles. The van der Waals surface area contributed by atoms with Crippen LogP contribution in [0, 0.1) is 16.7 Å². The Kier molecular flexibility index (Phi) is 10.4. The highest BCUT2D eigenvalue weighted by Gasteiger charge is 2.49. The van der Waals surface area contributed by atoms with Gasteiger partial charge in [0, 0.05) is 60.3 Å². The SMILES string of the molecule is C=N/C(=C\C(=NCCC[C@@H]1CCCN1C)/C(C)=C(\CCC)C(=N)[C@H]1CCCc2sc(N)c(C#N)c21)N1CCN(C)C2(CC2)C1. The van der Waals surface area contributed by atoms with E-state index in [2.05, 4.69) is 66.5 Å². The molecular formula is C35H52N8S. The van der Waals surface area contributed by atoms with Crippen LogP contribution < -0.4 is 5.73 Å². The second kappa shape index (κ2) is 14.1. The maximum atomic E-state index is 9.97. The molecular weight excluding hydrogens is 565 g/mol. The number of hydrogen-bond acceptors (Lipinski definition) is 9. The van der Waals surface area contributed by atoms with Gasteiger partial charge in [0.2, 0.25) is 0 Å². The van der Waals surface area contributed by atoms with Crippen molar-refractivity contribution in [3.8, 4) is 6.07 Å². The van der Waals surface area contributed by atoms with Crippen molar-refractivity contribution in [3.63, 3.8) is 0 Å². The van der Waals surface area contributed by atoms with Crippen molar-refractivity contribution in [3.05, 3.63) is 39.0 Å². The number of rotatable bonds is 12. The van der Waals surface area contributed by atoms with Crippen LogP contribution in [0.5, 0.6) is 0 Å². The van der Waals surface area contributed by atoms with E-state index in [0.29, 0.717) is 22.3 Å². The van der Waals surface area contributed by atoms with Gasteiger partial charge in [0.15, 0.2) is 0 Å². The predicted octanol–water partition coefficient (Wildman–Crippen LogP) is 6.40. The van der Waals surface area contributed by atoms with Crippen LogP contribution in [0.2, 0.25) is 0 Å². The molecule has 1 spiro atoms. The summed E-state index contributed by atoms with van der Waals surface area (Å²) in [5.74, 6) is 0.781. The molecule has 1 saturated carbocycles. The summed E-state index contributed by atoms with van der Waals surface area (Å²) in [6, 6.07) is 3.02. The van der Waals surface area contributed by atoms with Gasteiger partial charge < -0.3 is 20.9 Å². The number of anilines is 1. The van der Waals surface area contributed by atoms with Crippen LogP contribution in [-0.2, 0) is 6.42 Å². The Labute approximate surface area is 268 Å². The molecule has 0 amide bonds. The minimum atomic E-state index is -0.106. The summed E-state index contributed by atoms with van der Waals surface area (Å²) in [6.45, 7) is 13.2. The molecule has 9 heteroatoms. The van der Waals surface area contributed by atoms with Gasteiger partial charge in [0.05, 0.1) is 11.3 Å². The number of aryl methyl sites for hydroxylation is 1. The van der Waals surface area contributed by atoms with Gasteiger partial charge in [-0.25, -0.2) is 4.99 Å². The van der Waals surface area contributed by atoms with Crippen molar-refractivity contribution in [2.45, 2.75) is 102 Å². The van der Waals surface area contributed by atoms with Gasteiger partial charge in [0.1, 0.15) is 16.9 Å². The van der Waals surface area contributed by atoms with Crippen LogP contribution in [0.25, 0.3) is 0 Å². The quantitative estimate of drug-likeness (QED) is 0.209. The van der Waals surface area contributed by atoms with E-state index in [9.17, 15) is 10.7 Å². The molecule has 4 aliphatic rings. The van der Waals surface area contributed by atoms with Gasteiger partial charge in [-0.3, -0.25) is 9.89 Å². The number of hydrogen-bond donors (Lipinski definition) is 2. The molecule has 5 rings (SSSR count). The molecule has 8 nitrogen and oxygen atoms in total. The average molecular weight is 617 g/mol. The molecule has 2 aliphatic carbocycles. The standard InChI is InChI=1S/C35H52N8S/c1-6-10-26(33(37)27-13-7-14-30-32(27)28(22-36)34(38)44-30)24(2)29(40-17-8-11-25-12-9-18-41(25)4)21-31(39-3)43-20-19-42(5)35(23-43)15-16-35/h21,25,27,37H,3,6-20,23,38H2,1-2,4-5H3/b26-24+,31-21+,37-33?,40-29?/t25-,27+/m1/s1. The Morgan fingerprint density at radius 1 is 1.23 bits per heavy atom. The van der Waals surface area contributed by atoms with Crippen LogP contribution in [0.15, 0.2) is 33.0 Å². The monoisotopic (exact) mass is 616 g/mol. The van der Waals surface area contributed by atoms with Gasteiger partial charge in [-0.15, -0.1) is 11.3 Å². The summed E-state index contributed by atoms with van der Waals surface area (Å²) in [7, 11) is 4.49. The first-order valence-corrected chi connectivity index (χ1v) is 17.5.